The number of hydrogen-bond donors (Lipinski definition) is 2. The van der Waals surface area contributed by atoms with Crippen molar-refractivity contribution in [2.75, 3.05) is 0 Å². The number of aliphatic hydroxyl groups is 1. The minimum Gasteiger partial charge on any atom is -0.513 e. The lowest BCUT2D eigenvalue weighted by molar-refractivity contribution is 0.475. The van der Waals surface area contributed by atoms with Crippen LogP contribution in [0, 0.1) is 0 Å². The van der Waals surface area contributed by atoms with Gasteiger partial charge < -0.3 is 10.8 Å². The fourth-order valence-electron chi connectivity index (χ4n) is 1.21. The molecular formula is C9H8ClN5O. The van der Waals surface area contributed by atoms with E-state index in [0.717, 1.165) is 6.26 Å². The summed E-state index contributed by atoms with van der Waals surface area (Å²) in [6.45, 7) is 0. The van der Waals surface area contributed by atoms with E-state index in [1.807, 2.05) is 0 Å². The van der Waals surface area contributed by atoms with Crippen molar-refractivity contribution in [1.82, 2.24) is 20.2 Å². The monoisotopic (exact) mass is 237 g/mol. The third-order valence-electron chi connectivity index (χ3n) is 2.01. The quantitative estimate of drug-likeness (QED) is 0.765. The lowest BCUT2D eigenvalue weighted by Crippen LogP contribution is -2.01. The van der Waals surface area contributed by atoms with Gasteiger partial charge in [0, 0.05) is 5.56 Å². The van der Waals surface area contributed by atoms with Crippen LogP contribution in [0.4, 0.5) is 0 Å². The van der Waals surface area contributed by atoms with Gasteiger partial charge in [-0.05, 0) is 22.6 Å². The first kappa shape index (κ1) is 10.4. The number of nitrogens with two attached hydrogens (primary N) is 1. The van der Waals surface area contributed by atoms with Crippen molar-refractivity contribution in [2.24, 2.45) is 5.73 Å². The second-order valence-corrected chi connectivity index (χ2v) is 3.41. The van der Waals surface area contributed by atoms with E-state index in [-0.39, 0.29) is 5.70 Å². The Morgan fingerprint density at radius 2 is 2.31 bits per heavy atom. The fourth-order valence-corrected chi connectivity index (χ4v) is 1.42. The van der Waals surface area contributed by atoms with E-state index < -0.39 is 0 Å². The summed E-state index contributed by atoms with van der Waals surface area (Å²) in [6, 6.07) is 5.03. The lowest BCUT2D eigenvalue weighted by Gasteiger charge is -2.06. The van der Waals surface area contributed by atoms with Crippen LogP contribution in [0.1, 0.15) is 5.56 Å². The highest BCUT2D eigenvalue weighted by Crippen LogP contribution is 2.22. The van der Waals surface area contributed by atoms with Gasteiger partial charge in [-0.25, -0.2) is 0 Å². The largest absolute Gasteiger partial charge is 0.513 e. The van der Waals surface area contributed by atoms with Crippen LogP contribution in [-0.4, -0.2) is 25.3 Å². The van der Waals surface area contributed by atoms with E-state index in [1.165, 1.54) is 11.0 Å². The average Bonchev–Trinajstić information content (AvgIpc) is 2.82. The number of aromatic nitrogens is 4. The molecule has 7 heteroatoms. The van der Waals surface area contributed by atoms with Crippen molar-refractivity contribution < 1.29 is 5.11 Å². The van der Waals surface area contributed by atoms with Crippen molar-refractivity contribution in [3.05, 3.63) is 41.4 Å². The summed E-state index contributed by atoms with van der Waals surface area (Å²) in [5.74, 6) is 0. The highest BCUT2D eigenvalue weighted by atomic mass is 35.5. The number of nitrogens with zero attached hydrogens (tertiary/aromatic N) is 4. The number of tetrazole rings is 1. The molecule has 0 radical (unpaired) electrons. The molecule has 0 unspecified atom stereocenters. The summed E-state index contributed by atoms with van der Waals surface area (Å²) in [7, 11) is 0. The van der Waals surface area contributed by atoms with Gasteiger partial charge in [0.05, 0.1) is 16.4 Å². The number of halogens is 1. The highest BCUT2D eigenvalue weighted by molar-refractivity contribution is 6.32. The summed E-state index contributed by atoms with van der Waals surface area (Å²) >= 11 is 6.00. The predicted molar refractivity (Wildman–Crippen MR) is 59.0 cm³/mol. The Balaban J connectivity index is 2.53. The standard InChI is InChI=1S/C9H8ClN5O/c10-7-2-1-6(8(11)4-16)3-9(7)15-5-12-13-14-15/h1-5,16H,11H2/b8-4-. The zero-order chi connectivity index (χ0) is 11.5. The number of benzene rings is 1. The third kappa shape index (κ3) is 1.82. The topological polar surface area (TPSA) is 89.8 Å². The minimum absolute atomic E-state index is 0.242. The molecule has 0 amide bonds. The van der Waals surface area contributed by atoms with E-state index >= 15 is 0 Å². The van der Waals surface area contributed by atoms with Crippen LogP contribution in [0.2, 0.25) is 5.02 Å². The molecule has 0 aliphatic heterocycles. The van der Waals surface area contributed by atoms with Gasteiger partial charge in [0.15, 0.2) is 0 Å². The molecule has 1 aromatic carbocycles. The summed E-state index contributed by atoms with van der Waals surface area (Å²) in [6.07, 6.45) is 2.25. The molecule has 0 bridgehead atoms. The summed E-state index contributed by atoms with van der Waals surface area (Å²) in [4.78, 5) is 0. The second-order valence-electron chi connectivity index (χ2n) is 3.01. The first-order valence-electron chi connectivity index (χ1n) is 4.35. The maximum Gasteiger partial charge on any atom is 0.143 e. The van der Waals surface area contributed by atoms with Crippen LogP contribution in [0.5, 0.6) is 0 Å². The number of hydrogen-bond acceptors (Lipinski definition) is 5. The van der Waals surface area contributed by atoms with Gasteiger partial charge in [0.2, 0.25) is 0 Å². The molecule has 0 fully saturated rings. The van der Waals surface area contributed by atoms with Gasteiger partial charge in [-0.15, -0.1) is 5.10 Å². The Morgan fingerprint density at radius 3 is 2.94 bits per heavy atom. The van der Waals surface area contributed by atoms with Gasteiger partial charge >= 0.3 is 0 Å². The highest BCUT2D eigenvalue weighted by Gasteiger charge is 2.06. The van der Waals surface area contributed by atoms with Crippen LogP contribution in [-0.2, 0) is 0 Å². The molecule has 3 N–H and O–H groups in total. The Kier molecular flexibility index (Phi) is 2.74. The van der Waals surface area contributed by atoms with Gasteiger partial charge in [0.25, 0.3) is 0 Å². The predicted octanol–water partition coefficient (Wildman–Crippen LogP) is 1.13. The summed E-state index contributed by atoms with van der Waals surface area (Å²) in [5, 5.41) is 20.0. The van der Waals surface area contributed by atoms with Gasteiger partial charge in [-0.3, -0.25) is 0 Å². The van der Waals surface area contributed by atoms with E-state index in [1.54, 1.807) is 18.2 Å². The van der Waals surface area contributed by atoms with Crippen LogP contribution >= 0.6 is 11.6 Å². The molecule has 16 heavy (non-hydrogen) atoms. The van der Waals surface area contributed by atoms with Crippen molar-refractivity contribution in [3.63, 3.8) is 0 Å². The molecule has 82 valence electrons. The maximum absolute atomic E-state index is 8.81. The Hall–Kier alpha value is -2.08. The molecule has 6 nitrogen and oxygen atoms in total. The molecule has 1 heterocycles. The first-order chi connectivity index (χ1) is 7.72. The molecule has 0 aliphatic rings. The molecule has 1 aromatic heterocycles. The smallest absolute Gasteiger partial charge is 0.143 e. The molecule has 0 atom stereocenters. The van der Waals surface area contributed by atoms with Crippen LogP contribution < -0.4 is 5.73 Å². The number of aliphatic hydroxyl groups excluding tert-OH is 1. The van der Waals surface area contributed by atoms with Crippen molar-refractivity contribution in [2.45, 2.75) is 0 Å². The van der Waals surface area contributed by atoms with E-state index in [4.69, 9.17) is 22.4 Å². The average molecular weight is 238 g/mol. The Labute approximate surface area is 95.9 Å². The minimum atomic E-state index is 0.242. The third-order valence-corrected chi connectivity index (χ3v) is 2.33. The second kappa shape index (κ2) is 4.19. The zero-order valence-corrected chi connectivity index (χ0v) is 8.83. The molecule has 0 spiro atoms. The van der Waals surface area contributed by atoms with Crippen LogP contribution in [0.3, 0.4) is 0 Å². The molecule has 0 aliphatic carbocycles. The maximum atomic E-state index is 8.81. The van der Waals surface area contributed by atoms with Crippen molar-refractivity contribution in [3.8, 4) is 5.69 Å². The molecule has 0 saturated heterocycles. The van der Waals surface area contributed by atoms with E-state index in [0.29, 0.717) is 16.3 Å². The van der Waals surface area contributed by atoms with Gasteiger partial charge in [0.1, 0.15) is 12.6 Å². The first-order valence-corrected chi connectivity index (χ1v) is 4.73. The van der Waals surface area contributed by atoms with Crippen molar-refractivity contribution in [1.29, 1.82) is 0 Å². The summed E-state index contributed by atoms with van der Waals surface area (Å²) < 4.78 is 1.41. The zero-order valence-electron chi connectivity index (χ0n) is 8.08. The number of rotatable bonds is 2. The molecule has 0 saturated carbocycles. The lowest BCUT2D eigenvalue weighted by atomic mass is 10.1. The van der Waals surface area contributed by atoms with Crippen LogP contribution in [0.25, 0.3) is 11.4 Å². The Morgan fingerprint density at radius 1 is 1.50 bits per heavy atom. The molecule has 2 rings (SSSR count). The van der Waals surface area contributed by atoms with E-state index in [9.17, 15) is 0 Å². The van der Waals surface area contributed by atoms with E-state index in [2.05, 4.69) is 15.5 Å². The van der Waals surface area contributed by atoms with Gasteiger partial charge in [-0.1, -0.05) is 17.7 Å². The fraction of sp³-hybridized carbons (Fsp3) is 0. The van der Waals surface area contributed by atoms with Crippen molar-refractivity contribution >= 4 is 17.3 Å². The normalized spacial score (nSPS) is 11.7. The Bertz CT molecular complexity index is 523. The molecule has 2 aromatic rings. The SMILES string of the molecule is N/C(=C\O)c1ccc(Cl)c(-n2cnnn2)c1. The molecular weight excluding hydrogens is 230 g/mol. The van der Waals surface area contributed by atoms with Crippen LogP contribution in [0.15, 0.2) is 30.8 Å². The summed E-state index contributed by atoms with van der Waals surface area (Å²) in [5.41, 5.74) is 7.04. The van der Waals surface area contributed by atoms with Gasteiger partial charge in [-0.2, -0.15) is 4.68 Å².